The summed E-state index contributed by atoms with van der Waals surface area (Å²) in [6.07, 6.45) is -8.46. The lowest BCUT2D eigenvalue weighted by Crippen LogP contribution is -2.26. The van der Waals surface area contributed by atoms with E-state index in [1.807, 2.05) is 6.07 Å². The standard InChI is InChI=1S/C21H23F3O5/c1-27-19(26)12-11-18(25)16-9-5-6-10-17(16)20(21(22,23)24)29-14-28-13-15-7-3-2-4-8-15/h2-10,18,20,25H,11-14H2,1H3. The van der Waals surface area contributed by atoms with Crippen molar-refractivity contribution in [3.05, 3.63) is 71.3 Å². The minimum Gasteiger partial charge on any atom is -0.469 e. The molecule has 1 N–H and O–H groups in total. The Kier molecular flexibility index (Phi) is 8.63. The van der Waals surface area contributed by atoms with Gasteiger partial charge < -0.3 is 19.3 Å². The molecule has 0 saturated carbocycles. The van der Waals surface area contributed by atoms with Gasteiger partial charge >= 0.3 is 12.1 Å². The van der Waals surface area contributed by atoms with Gasteiger partial charge in [-0.1, -0.05) is 54.6 Å². The molecule has 0 aliphatic heterocycles. The lowest BCUT2D eigenvalue weighted by Gasteiger charge is -2.25. The highest BCUT2D eigenvalue weighted by atomic mass is 19.4. The summed E-state index contributed by atoms with van der Waals surface area (Å²) >= 11 is 0. The summed E-state index contributed by atoms with van der Waals surface area (Å²) in [6, 6.07) is 14.5. The maximum absolute atomic E-state index is 13.6. The average molecular weight is 412 g/mol. The summed E-state index contributed by atoms with van der Waals surface area (Å²) in [7, 11) is 1.20. The van der Waals surface area contributed by atoms with Crippen LogP contribution in [0.3, 0.4) is 0 Å². The van der Waals surface area contributed by atoms with E-state index < -0.39 is 31.1 Å². The van der Waals surface area contributed by atoms with Crippen molar-refractivity contribution in [1.82, 2.24) is 0 Å². The number of ether oxygens (including phenoxy) is 3. The van der Waals surface area contributed by atoms with Crippen LogP contribution in [0, 0.1) is 0 Å². The quantitative estimate of drug-likeness (QED) is 0.354. The third-order valence-electron chi connectivity index (χ3n) is 4.21. The molecule has 0 aliphatic rings. The largest absolute Gasteiger partial charge is 0.469 e. The molecule has 2 aromatic carbocycles. The number of halogens is 3. The Labute approximate surface area is 167 Å². The number of hydrogen-bond donors (Lipinski definition) is 1. The highest BCUT2D eigenvalue weighted by Crippen LogP contribution is 2.39. The van der Waals surface area contributed by atoms with Gasteiger partial charge in [0.2, 0.25) is 0 Å². The molecule has 5 nitrogen and oxygen atoms in total. The van der Waals surface area contributed by atoms with Crippen molar-refractivity contribution in [1.29, 1.82) is 0 Å². The van der Waals surface area contributed by atoms with Gasteiger partial charge in [0.1, 0.15) is 6.79 Å². The van der Waals surface area contributed by atoms with Crippen LogP contribution in [-0.2, 0) is 25.6 Å². The number of methoxy groups -OCH3 is 1. The molecule has 2 unspecified atom stereocenters. The monoisotopic (exact) mass is 412 g/mol. The summed E-state index contributed by atoms with van der Waals surface area (Å²) in [6.45, 7) is -0.472. The van der Waals surface area contributed by atoms with Crippen molar-refractivity contribution < 1.29 is 37.3 Å². The fourth-order valence-electron chi connectivity index (χ4n) is 2.78. The van der Waals surface area contributed by atoms with Crippen molar-refractivity contribution in [2.24, 2.45) is 0 Å². The van der Waals surface area contributed by atoms with Crippen LogP contribution in [0.15, 0.2) is 54.6 Å². The van der Waals surface area contributed by atoms with Crippen LogP contribution in [0.2, 0.25) is 0 Å². The second kappa shape index (κ2) is 10.9. The van der Waals surface area contributed by atoms with Crippen LogP contribution in [0.1, 0.15) is 41.7 Å². The van der Waals surface area contributed by atoms with Gasteiger partial charge in [-0.05, 0) is 23.1 Å². The Morgan fingerprint density at radius 3 is 2.28 bits per heavy atom. The fraction of sp³-hybridized carbons (Fsp3) is 0.381. The van der Waals surface area contributed by atoms with E-state index in [1.54, 1.807) is 24.3 Å². The van der Waals surface area contributed by atoms with Gasteiger partial charge in [0, 0.05) is 6.42 Å². The van der Waals surface area contributed by atoms with Crippen molar-refractivity contribution in [3.8, 4) is 0 Å². The van der Waals surface area contributed by atoms with Crippen LogP contribution in [0.25, 0.3) is 0 Å². The number of aliphatic hydroxyl groups is 1. The minimum atomic E-state index is -4.71. The molecule has 0 bridgehead atoms. The molecule has 2 rings (SSSR count). The second-order valence-electron chi connectivity index (χ2n) is 6.30. The molecule has 8 heteroatoms. The SMILES string of the molecule is COC(=O)CCC(O)c1ccccc1C(OCOCc1ccccc1)C(F)(F)F. The first-order valence-electron chi connectivity index (χ1n) is 8.96. The van der Waals surface area contributed by atoms with Gasteiger partial charge in [0.15, 0.2) is 6.10 Å². The Balaban J connectivity index is 2.08. The van der Waals surface area contributed by atoms with E-state index in [9.17, 15) is 23.1 Å². The number of carbonyl (C=O) groups excluding carboxylic acids is 1. The maximum atomic E-state index is 13.6. The zero-order chi connectivity index (χ0) is 21.3. The number of hydrogen-bond acceptors (Lipinski definition) is 5. The molecule has 0 saturated heterocycles. The number of alkyl halides is 3. The van der Waals surface area contributed by atoms with Crippen LogP contribution in [-0.4, -0.2) is 31.2 Å². The van der Waals surface area contributed by atoms with E-state index in [4.69, 9.17) is 9.47 Å². The summed E-state index contributed by atoms with van der Waals surface area (Å²) in [4.78, 5) is 11.3. The Morgan fingerprint density at radius 1 is 1.03 bits per heavy atom. The second-order valence-corrected chi connectivity index (χ2v) is 6.30. The molecule has 0 aromatic heterocycles. The van der Waals surface area contributed by atoms with E-state index in [0.717, 1.165) is 5.56 Å². The van der Waals surface area contributed by atoms with Gasteiger partial charge in [0.05, 0.1) is 19.8 Å². The zero-order valence-electron chi connectivity index (χ0n) is 15.9. The highest BCUT2D eigenvalue weighted by molar-refractivity contribution is 5.69. The number of carbonyl (C=O) groups is 1. The molecular weight excluding hydrogens is 389 g/mol. The highest BCUT2D eigenvalue weighted by Gasteiger charge is 2.43. The summed E-state index contributed by atoms with van der Waals surface area (Å²) in [5, 5.41) is 10.3. The molecule has 29 heavy (non-hydrogen) atoms. The van der Waals surface area contributed by atoms with Gasteiger partial charge in [-0.2, -0.15) is 13.2 Å². The molecule has 0 fully saturated rings. The van der Waals surface area contributed by atoms with Crippen LogP contribution in [0.4, 0.5) is 13.2 Å². The molecule has 0 amide bonds. The normalized spacial score (nSPS) is 13.7. The van der Waals surface area contributed by atoms with Gasteiger partial charge in [-0.15, -0.1) is 0 Å². The van der Waals surface area contributed by atoms with Crippen LogP contribution in [0.5, 0.6) is 0 Å². The number of benzene rings is 2. The molecule has 2 aromatic rings. The van der Waals surface area contributed by atoms with Crippen molar-refractivity contribution in [2.45, 2.75) is 37.8 Å². The lowest BCUT2D eigenvalue weighted by molar-refractivity contribution is -0.248. The number of esters is 1. The summed E-state index contributed by atoms with van der Waals surface area (Å²) < 4.78 is 55.6. The zero-order valence-corrected chi connectivity index (χ0v) is 15.9. The van der Waals surface area contributed by atoms with Crippen molar-refractivity contribution in [2.75, 3.05) is 13.9 Å². The third-order valence-corrected chi connectivity index (χ3v) is 4.21. The smallest absolute Gasteiger partial charge is 0.418 e. The summed E-state index contributed by atoms with van der Waals surface area (Å²) in [5.74, 6) is -0.556. The molecule has 0 heterocycles. The van der Waals surface area contributed by atoms with E-state index in [0.29, 0.717) is 0 Å². The molecule has 0 spiro atoms. The topological polar surface area (TPSA) is 65.0 Å². The Bertz CT molecular complexity index is 764. The molecule has 0 radical (unpaired) electrons. The molecule has 2 atom stereocenters. The fourth-order valence-corrected chi connectivity index (χ4v) is 2.78. The Morgan fingerprint density at radius 2 is 1.66 bits per heavy atom. The third kappa shape index (κ3) is 7.16. The van der Waals surface area contributed by atoms with Crippen LogP contribution < -0.4 is 0 Å². The van der Waals surface area contributed by atoms with E-state index in [2.05, 4.69) is 4.74 Å². The predicted octanol–water partition coefficient (Wildman–Crippen LogP) is 4.47. The minimum absolute atomic E-state index is 0.0433. The predicted molar refractivity (Wildman–Crippen MR) is 98.6 cm³/mol. The molecular formula is C21H23F3O5. The van der Waals surface area contributed by atoms with E-state index >= 15 is 0 Å². The van der Waals surface area contributed by atoms with E-state index in [-0.39, 0.29) is 30.6 Å². The van der Waals surface area contributed by atoms with E-state index in [1.165, 1.54) is 31.4 Å². The lowest BCUT2D eigenvalue weighted by atomic mass is 9.95. The molecule has 0 aliphatic carbocycles. The molecule has 158 valence electrons. The van der Waals surface area contributed by atoms with Crippen molar-refractivity contribution in [3.63, 3.8) is 0 Å². The van der Waals surface area contributed by atoms with Crippen molar-refractivity contribution >= 4 is 5.97 Å². The number of rotatable bonds is 10. The first-order chi connectivity index (χ1) is 13.8. The van der Waals surface area contributed by atoms with Crippen LogP contribution >= 0.6 is 0 Å². The van der Waals surface area contributed by atoms with Gasteiger partial charge in [0.25, 0.3) is 0 Å². The first-order valence-corrected chi connectivity index (χ1v) is 8.96. The summed E-state index contributed by atoms with van der Waals surface area (Å²) in [5.41, 5.74) is 0.626. The number of aliphatic hydroxyl groups excluding tert-OH is 1. The van der Waals surface area contributed by atoms with Gasteiger partial charge in [-0.25, -0.2) is 0 Å². The first kappa shape index (κ1) is 22.9. The van der Waals surface area contributed by atoms with Gasteiger partial charge in [-0.3, -0.25) is 4.79 Å². The average Bonchev–Trinajstić information content (AvgIpc) is 2.71. The Hall–Kier alpha value is -2.42. The maximum Gasteiger partial charge on any atom is 0.418 e.